The summed E-state index contributed by atoms with van der Waals surface area (Å²) >= 11 is 6.25. The molecule has 29 heavy (non-hydrogen) atoms. The molecule has 156 valence electrons. The third-order valence-electron chi connectivity index (χ3n) is 5.33. The zero-order chi connectivity index (χ0) is 21.2. The van der Waals surface area contributed by atoms with E-state index in [-0.39, 0.29) is 15.8 Å². The standard InChI is InChI=1S/C22H27ClN2O3S/c1-4-25(20-14-16(2)8-9-17(20)3)22(26)18-10-11-19(23)21(15-18)29(27,28)24-12-6-5-7-13-24/h8-11,14-15H,4-7,12-13H2,1-3H3. The molecule has 3 rings (SSSR count). The Bertz CT molecular complexity index is 1010. The van der Waals surface area contributed by atoms with Gasteiger partial charge >= 0.3 is 0 Å². The summed E-state index contributed by atoms with van der Waals surface area (Å²) < 4.78 is 27.7. The normalized spacial score (nSPS) is 15.3. The number of carbonyl (C=O) groups excluding carboxylic acids is 1. The molecule has 0 spiro atoms. The van der Waals surface area contributed by atoms with Crippen molar-refractivity contribution in [1.29, 1.82) is 0 Å². The largest absolute Gasteiger partial charge is 0.308 e. The average Bonchev–Trinajstić information content (AvgIpc) is 2.72. The fraction of sp³-hybridized carbons (Fsp3) is 0.409. The van der Waals surface area contributed by atoms with Crippen molar-refractivity contribution in [1.82, 2.24) is 4.31 Å². The van der Waals surface area contributed by atoms with E-state index in [1.54, 1.807) is 11.0 Å². The van der Waals surface area contributed by atoms with Crippen molar-refractivity contribution in [2.24, 2.45) is 0 Å². The first-order valence-corrected chi connectivity index (χ1v) is 11.8. The average molecular weight is 435 g/mol. The van der Waals surface area contributed by atoms with E-state index in [4.69, 9.17) is 11.6 Å². The Morgan fingerprint density at radius 3 is 2.41 bits per heavy atom. The van der Waals surface area contributed by atoms with Crippen LogP contribution in [0.5, 0.6) is 0 Å². The number of aryl methyl sites for hydroxylation is 2. The van der Waals surface area contributed by atoms with Crippen molar-refractivity contribution in [3.63, 3.8) is 0 Å². The van der Waals surface area contributed by atoms with Crippen molar-refractivity contribution in [3.05, 3.63) is 58.1 Å². The first-order chi connectivity index (χ1) is 13.8. The Kier molecular flexibility index (Phi) is 6.66. The van der Waals surface area contributed by atoms with E-state index in [0.717, 1.165) is 36.1 Å². The Morgan fingerprint density at radius 2 is 1.76 bits per heavy atom. The van der Waals surface area contributed by atoms with E-state index in [1.807, 2.05) is 39.0 Å². The van der Waals surface area contributed by atoms with Crippen molar-refractivity contribution in [2.45, 2.75) is 44.9 Å². The van der Waals surface area contributed by atoms with E-state index in [1.165, 1.54) is 16.4 Å². The van der Waals surface area contributed by atoms with Crippen LogP contribution in [0.2, 0.25) is 5.02 Å². The van der Waals surface area contributed by atoms with Crippen LogP contribution < -0.4 is 4.90 Å². The molecule has 0 saturated carbocycles. The van der Waals surface area contributed by atoms with E-state index in [9.17, 15) is 13.2 Å². The molecule has 1 amide bonds. The number of amides is 1. The van der Waals surface area contributed by atoms with Gasteiger partial charge in [0.2, 0.25) is 10.0 Å². The fourth-order valence-corrected chi connectivity index (χ4v) is 5.69. The Balaban J connectivity index is 1.99. The van der Waals surface area contributed by atoms with Gasteiger partial charge in [-0.15, -0.1) is 0 Å². The number of rotatable bonds is 5. The van der Waals surface area contributed by atoms with Gasteiger partial charge in [-0.2, -0.15) is 4.31 Å². The van der Waals surface area contributed by atoms with Crippen LogP contribution in [0.25, 0.3) is 0 Å². The predicted molar refractivity (Wildman–Crippen MR) is 117 cm³/mol. The molecule has 5 nitrogen and oxygen atoms in total. The number of benzene rings is 2. The minimum absolute atomic E-state index is 0.00364. The number of anilines is 1. The summed E-state index contributed by atoms with van der Waals surface area (Å²) in [5, 5.41) is 0.141. The van der Waals surface area contributed by atoms with Gasteiger partial charge in [0, 0.05) is 30.9 Å². The van der Waals surface area contributed by atoms with Gasteiger partial charge in [-0.25, -0.2) is 8.42 Å². The van der Waals surface area contributed by atoms with Crippen LogP contribution in [0, 0.1) is 13.8 Å². The van der Waals surface area contributed by atoms with E-state index in [0.29, 0.717) is 25.2 Å². The topological polar surface area (TPSA) is 57.7 Å². The minimum atomic E-state index is -3.73. The lowest BCUT2D eigenvalue weighted by Gasteiger charge is -2.27. The molecule has 1 fully saturated rings. The molecule has 1 saturated heterocycles. The molecule has 0 N–H and O–H groups in total. The van der Waals surface area contributed by atoms with Crippen LogP contribution in [0.3, 0.4) is 0 Å². The monoisotopic (exact) mass is 434 g/mol. The highest BCUT2D eigenvalue weighted by Crippen LogP contribution is 2.29. The molecule has 2 aromatic carbocycles. The zero-order valence-electron chi connectivity index (χ0n) is 17.1. The first-order valence-electron chi connectivity index (χ1n) is 9.94. The van der Waals surface area contributed by atoms with Crippen LogP contribution >= 0.6 is 11.6 Å². The van der Waals surface area contributed by atoms with Gasteiger partial charge in [-0.3, -0.25) is 4.79 Å². The quantitative estimate of drug-likeness (QED) is 0.679. The zero-order valence-corrected chi connectivity index (χ0v) is 18.7. The SMILES string of the molecule is CCN(C(=O)c1ccc(Cl)c(S(=O)(=O)N2CCCCC2)c1)c1cc(C)ccc1C. The molecule has 0 atom stereocenters. The van der Waals surface area contributed by atoms with E-state index >= 15 is 0 Å². The number of halogens is 1. The molecule has 0 aliphatic carbocycles. The molecule has 0 unspecified atom stereocenters. The molecule has 0 bridgehead atoms. The molecule has 0 aromatic heterocycles. The molecule has 1 aliphatic heterocycles. The first kappa shape index (κ1) is 21.8. The van der Waals surface area contributed by atoms with Crippen LogP contribution in [0.4, 0.5) is 5.69 Å². The molecule has 7 heteroatoms. The van der Waals surface area contributed by atoms with Gasteiger partial charge in [0.05, 0.1) is 5.02 Å². The minimum Gasteiger partial charge on any atom is -0.308 e. The van der Waals surface area contributed by atoms with Crippen LogP contribution in [0.1, 0.15) is 47.7 Å². The maximum absolute atomic E-state index is 13.3. The summed E-state index contributed by atoms with van der Waals surface area (Å²) in [6, 6.07) is 10.5. The summed E-state index contributed by atoms with van der Waals surface area (Å²) in [6.07, 6.45) is 2.71. The highest BCUT2D eigenvalue weighted by molar-refractivity contribution is 7.89. The summed E-state index contributed by atoms with van der Waals surface area (Å²) in [7, 11) is -3.73. The number of hydrogen-bond donors (Lipinski definition) is 0. The number of hydrogen-bond acceptors (Lipinski definition) is 3. The molecule has 1 aliphatic rings. The lowest BCUT2D eigenvalue weighted by atomic mass is 10.1. The molecular formula is C22H27ClN2O3S. The highest BCUT2D eigenvalue weighted by Gasteiger charge is 2.29. The van der Waals surface area contributed by atoms with Gasteiger partial charge < -0.3 is 4.90 Å². The summed E-state index contributed by atoms with van der Waals surface area (Å²) in [4.78, 5) is 15.0. The second kappa shape index (κ2) is 8.86. The van der Waals surface area contributed by atoms with Gasteiger partial charge in [-0.05, 0) is 69.0 Å². The van der Waals surface area contributed by atoms with E-state index in [2.05, 4.69) is 0 Å². The number of piperidine rings is 1. The second-order valence-electron chi connectivity index (χ2n) is 7.45. The number of sulfonamides is 1. The van der Waals surface area contributed by atoms with Crippen molar-refractivity contribution in [2.75, 3.05) is 24.5 Å². The fourth-order valence-electron chi connectivity index (χ4n) is 3.67. The number of nitrogens with zero attached hydrogens (tertiary/aromatic N) is 2. The summed E-state index contributed by atoms with van der Waals surface area (Å²) in [5.74, 6) is -0.243. The molecular weight excluding hydrogens is 408 g/mol. The lowest BCUT2D eigenvalue weighted by Crippen LogP contribution is -2.36. The van der Waals surface area contributed by atoms with E-state index < -0.39 is 10.0 Å². The molecule has 1 heterocycles. The van der Waals surface area contributed by atoms with Gasteiger partial charge in [0.15, 0.2) is 0 Å². The summed E-state index contributed by atoms with van der Waals surface area (Å²) in [5.41, 5.74) is 3.18. The van der Waals surface area contributed by atoms with Crippen LogP contribution in [0.15, 0.2) is 41.3 Å². The molecule has 2 aromatic rings. The van der Waals surface area contributed by atoms with Gasteiger partial charge in [0.1, 0.15) is 4.90 Å². The van der Waals surface area contributed by atoms with Crippen LogP contribution in [-0.2, 0) is 10.0 Å². The van der Waals surface area contributed by atoms with Crippen molar-refractivity contribution in [3.8, 4) is 0 Å². The van der Waals surface area contributed by atoms with Crippen molar-refractivity contribution < 1.29 is 13.2 Å². The lowest BCUT2D eigenvalue weighted by molar-refractivity contribution is 0.0988. The predicted octanol–water partition coefficient (Wildman–Crippen LogP) is 4.80. The third-order valence-corrected chi connectivity index (χ3v) is 7.71. The number of carbonyl (C=O) groups is 1. The maximum atomic E-state index is 13.3. The van der Waals surface area contributed by atoms with Crippen molar-refractivity contribution >= 4 is 33.2 Å². The third kappa shape index (κ3) is 4.49. The smallest absolute Gasteiger partial charge is 0.258 e. The second-order valence-corrected chi connectivity index (χ2v) is 9.76. The highest BCUT2D eigenvalue weighted by atomic mass is 35.5. The van der Waals surface area contributed by atoms with Gasteiger partial charge in [0.25, 0.3) is 5.91 Å². The maximum Gasteiger partial charge on any atom is 0.258 e. The Morgan fingerprint density at radius 1 is 1.07 bits per heavy atom. The summed E-state index contributed by atoms with van der Waals surface area (Å²) in [6.45, 7) is 7.29. The molecule has 0 radical (unpaired) electrons. The van der Waals surface area contributed by atoms with Crippen LogP contribution in [-0.4, -0.2) is 38.3 Å². The Labute approximate surface area is 178 Å². The Hall–Kier alpha value is -1.89. The van der Waals surface area contributed by atoms with Gasteiger partial charge in [-0.1, -0.05) is 30.2 Å².